The highest BCUT2D eigenvalue weighted by Crippen LogP contribution is 2.13. The van der Waals surface area contributed by atoms with Gasteiger partial charge in [-0.2, -0.15) is 0 Å². The standard InChI is InChI=1S/C12H18N2O3/c1-8-5-11(9(2)17-8)12(15)14-6-10-7-16-4-3-13-10/h5,10,13H,3-4,6-7H2,1-2H3,(H,14,15). The van der Waals surface area contributed by atoms with E-state index in [9.17, 15) is 4.79 Å². The van der Waals surface area contributed by atoms with Gasteiger partial charge in [-0.25, -0.2) is 0 Å². The third kappa shape index (κ3) is 3.08. The van der Waals surface area contributed by atoms with Crippen molar-refractivity contribution < 1.29 is 13.9 Å². The fourth-order valence-electron chi connectivity index (χ4n) is 1.92. The fourth-order valence-corrected chi connectivity index (χ4v) is 1.92. The molecule has 0 aliphatic carbocycles. The molecule has 1 fully saturated rings. The number of furan rings is 1. The summed E-state index contributed by atoms with van der Waals surface area (Å²) in [5.74, 6) is 1.33. The Bertz CT molecular complexity index is 394. The molecule has 2 heterocycles. The first-order valence-corrected chi connectivity index (χ1v) is 5.83. The van der Waals surface area contributed by atoms with Crippen LogP contribution < -0.4 is 10.6 Å². The number of carbonyl (C=O) groups is 1. The first-order valence-electron chi connectivity index (χ1n) is 5.83. The van der Waals surface area contributed by atoms with Gasteiger partial charge in [0.05, 0.1) is 18.8 Å². The lowest BCUT2D eigenvalue weighted by Gasteiger charge is -2.23. The van der Waals surface area contributed by atoms with Crippen LogP contribution in [0.1, 0.15) is 21.9 Å². The van der Waals surface area contributed by atoms with Gasteiger partial charge in [-0.15, -0.1) is 0 Å². The van der Waals surface area contributed by atoms with Crippen LogP contribution in [0.25, 0.3) is 0 Å². The molecule has 1 aliphatic rings. The summed E-state index contributed by atoms with van der Waals surface area (Å²) in [7, 11) is 0. The molecule has 94 valence electrons. The normalized spacial score (nSPS) is 20.2. The summed E-state index contributed by atoms with van der Waals surface area (Å²) < 4.78 is 10.6. The molecule has 1 amide bonds. The largest absolute Gasteiger partial charge is 0.466 e. The first-order chi connectivity index (χ1) is 8.16. The van der Waals surface area contributed by atoms with Crippen LogP contribution in [-0.4, -0.2) is 38.3 Å². The van der Waals surface area contributed by atoms with Gasteiger partial charge in [0.15, 0.2) is 0 Å². The van der Waals surface area contributed by atoms with E-state index in [1.54, 1.807) is 13.0 Å². The number of nitrogens with one attached hydrogen (secondary N) is 2. The summed E-state index contributed by atoms with van der Waals surface area (Å²) in [6.45, 7) is 6.42. The summed E-state index contributed by atoms with van der Waals surface area (Å²) >= 11 is 0. The maximum Gasteiger partial charge on any atom is 0.254 e. The zero-order valence-electron chi connectivity index (χ0n) is 10.2. The van der Waals surface area contributed by atoms with Crippen LogP contribution in [0.3, 0.4) is 0 Å². The number of morpholine rings is 1. The molecule has 17 heavy (non-hydrogen) atoms. The quantitative estimate of drug-likeness (QED) is 0.810. The number of amides is 1. The van der Waals surface area contributed by atoms with E-state index in [1.807, 2.05) is 6.92 Å². The Morgan fingerprint density at radius 3 is 3.00 bits per heavy atom. The van der Waals surface area contributed by atoms with Crippen LogP contribution >= 0.6 is 0 Å². The average molecular weight is 238 g/mol. The molecule has 1 aliphatic heterocycles. The monoisotopic (exact) mass is 238 g/mol. The van der Waals surface area contributed by atoms with Crippen LogP contribution in [0, 0.1) is 13.8 Å². The predicted molar refractivity (Wildman–Crippen MR) is 63.1 cm³/mol. The Morgan fingerprint density at radius 2 is 2.41 bits per heavy atom. The maximum absolute atomic E-state index is 11.9. The van der Waals surface area contributed by atoms with Crippen LogP contribution in [0.5, 0.6) is 0 Å². The van der Waals surface area contributed by atoms with E-state index in [1.165, 1.54) is 0 Å². The molecule has 0 radical (unpaired) electrons. The van der Waals surface area contributed by atoms with Gasteiger partial charge in [-0.05, 0) is 19.9 Å². The van der Waals surface area contributed by atoms with Crippen LogP contribution in [0.2, 0.25) is 0 Å². The van der Waals surface area contributed by atoms with Gasteiger partial charge in [-0.1, -0.05) is 0 Å². The number of rotatable bonds is 3. The van der Waals surface area contributed by atoms with Gasteiger partial charge in [-0.3, -0.25) is 4.79 Å². The Labute approximate surface area is 101 Å². The van der Waals surface area contributed by atoms with Crippen LogP contribution in [-0.2, 0) is 4.74 Å². The smallest absolute Gasteiger partial charge is 0.254 e. The second-order valence-electron chi connectivity index (χ2n) is 4.26. The van der Waals surface area contributed by atoms with E-state index in [4.69, 9.17) is 9.15 Å². The summed E-state index contributed by atoms with van der Waals surface area (Å²) in [6.07, 6.45) is 0. The zero-order valence-corrected chi connectivity index (χ0v) is 10.2. The number of hydrogen-bond donors (Lipinski definition) is 2. The van der Waals surface area contributed by atoms with Crippen molar-refractivity contribution in [2.75, 3.05) is 26.3 Å². The Hall–Kier alpha value is -1.33. The van der Waals surface area contributed by atoms with Gasteiger partial charge < -0.3 is 19.8 Å². The molecular formula is C12H18N2O3. The minimum atomic E-state index is -0.0910. The highest BCUT2D eigenvalue weighted by atomic mass is 16.5. The van der Waals surface area contributed by atoms with Crippen molar-refractivity contribution in [3.8, 4) is 0 Å². The van der Waals surface area contributed by atoms with E-state index in [0.717, 1.165) is 18.9 Å². The Balaban J connectivity index is 1.86. The molecule has 1 atom stereocenters. The molecule has 0 aromatic carbocycles. The van der Waals surface area contributed by atoms with Gasteiger partial charge >= 0.3 is 0 Å². The van der Waals surface area contributed by atoms with Gasteiger partial charge in [0.2, 0.25) is 0 Å². The Morgan fingerprint density at radius 1 is 1.59 bits per heavy atom. The van der Waals surface area contributed by atoms with Gasteiger partial charge in [0, 0.05) is 19.1 Å². The number of carbonyl (C=O) groups excluding carboxylic acids is 1. The van der Waals surface area contributed by atoms with Gasteiger partial charge in [0.25, 0.3) is 5.91 Å². The summed E-state index contributed by atoms with van der Waals surface area (Å²) in [5.41, 5.74) is 0.610. The van der Waals surface area contributed by atoms with E-state index in [0.29, 0.717) is 24.5 Å². The molecule has 0 bridgehead atoms. The van der Waals surface area contributed by atoms with Crippen molar-refractivity contribution in [3.05, 3.63) is 23.2 Å². The van der Waals surface area contributed by atoms with E-state index >= 15 is 0 Å². The molecule has 0 spiro atoms. The second kappa shape index (κ2) is 5.33. The lowest BCUT2D eigenvalue weighted by molar-refractivity contribution is 0.0734. The predicted octanol–water partition coefficient (Wildman–Crippen LogP) is 0.615. The van der Waals surface area contributed by atoms with Crippen molar-refractivity contribution in [1.29, 1.82) is 0 Å². The molecule has 5 nitrogen and oxygen atoms in total. The molecule has 2 rings (SSSR count). The third-order valence-corrected chi connectivity index (χ3v) is 2.79. The van der Waals surface area contributed by atoms with Gasteiger partial charge in [0.1, 0.15) is 11.5 Å². The molecule has 5 heteroatoms. The third-order valence-electron chi connectivity index (χ3n) is 2.79. The molecule has 1 saturated heterocycles. The molecular weight excluding hydrogens is 220 g/mol. The van der Waals surface area contributed by atoms with Crippen molar-refractivity contribution in [3.63, 3.8) is 0 Å². The Kier molecular flexibility index (Phi) is 3.81. The van der Waals surface area contributed by atoms with E-state index in [-0.39, 0.29) is 11.9 Å². The van der Waals surface area contributed by atoms with Crippen molar-refractivity contribution in [1.82, 2.24) is 10.6 Å². The lowest BCUT2D eigenvalue weighted by Crippen LogP contribution is -2.48. The summed E-state index contributed by atoms with van der Waals surface area (Å²) in [5, 5.41) is 6.16. The summed E-state index contributed by atoms with van der Waals surface area (Å²) in [6, 6.07) is 1.95. The average Bonchev–Trinajstić information content (AvgIpc) is 2.67. The molecule has 1 aromatic rings. The number of aryl methyl sites for hydroxylation is 2. The molecule has 0 saturated carbocycles. The SMILES string of the molecule is Cc1cc(C(=O)NCC2COCCN2)c(C)o1. The molecule has 1 unspecified atom stereocenters. The summed E-state index contributed by atoms with van der Waals surface area (Å²) in [4.78, 5) is 11.9. The minimum Gasteiger partial charge on any atom is -0.466 e. The second-order valence-corrected chi connectivity index (χ2v) is 4.26. The van der Waals surface area contributed by atoms with E-state index in [2.05, 4.69) is 10.6 Å². The first kappa shape index (κ1) is 12.1. The van der Waals surface area contributed by atoms with Crippen molar-refractivity contribution in [2.45, 2.75) is 19.9 Å². The topological polar surface area (TPSA) is 63.5 Å². The fraction of sp³-hybridized carbons (Fsp3) is 0.583. The lowest BCUT2D eigenvalue weighted by atomic mass is 10.2. The number of hydrogen-bond acceptors (Lipinski definition) is 4. The molecule has 1 aromatic heterocycles. The van der Waals surface area contributed by atoms with E-state index < -0.39 is 0 Å². The highest BCUT2D eigenvalue weighted by Gasteiger charge is 2.17. The van der Waals surface area contributed by atoms with Crippen molar-refractivity contribution >= 4 is 5.91 Å². The minimum absolute atomic E-state index is 0.0910. The van der Waals surface area contributed by atoms with Crippen LogP contribution in [0.15, 0.2) is 10.5 Å². The molecule has 2 N–H and O–H groups in total. The number of ether oxygens (including phenoxy) is 1. The highest BCUT2D eigenvalue weighted by molar-refractivity contribution is 5.95. The van der Waals surface area contributed by atoms with Crippen molar-refractivity contribution in [2.24, 2.45) is 0 Å². The zero-order chi connectivity index (χ0) is 12.3. The maximum atomic E-state index is 11.9. The van der Waals surface area contributed by atoms with Crippen LogP contribution in [0.4, 0.5) is 0 Å².